The normalized spacial score (nSPS) is 18.3. The summed E-state index contributed by atoms with van der Waals surface area (Å²) in [6.07, 6.45) is 0.465. The highest BCUT2D eigenvalue weighted by molar-refractivity contribution is 9.10. The number of imide groups is 1. The van der Waals surface area contributed by atoms with Gasteiger partial charge in [-0.3, -0.25) is 14.5 Å². The Bertz CT molecular complexity index is 578. The molecule has 7 heteroatoms. The Morgan fingerprint density at radius 2 is 1.86 bits per heavy atom. The number of amides is 2. The first-order valence-electron chi connectivity index (χ1n) is 6.44. The predicted molar refractivity (Wildman–Crippen MR) is 85.1 cm³/mol. The quantitative estimate of drug-likeness (QED) is 0.793. The first-order valence-corrected chi connectivity index (χ1v) is 8.11. The van der Waals surface area contributed by atoms with Gasteiger partial charge in [0.15, 0.2) is 11.5 Å². The number of methoxy groups -OCH3 is 2. The van der Waals surface area contributed by atoms with Crippen molar-refractivity contribution in [3.05, 3.63) is 22.2 Å². The molecule has 1 fully saturated rings. The average molecular weight is 374 g/mol. The van der Waals surface area contributed by atoms with E-state index in [1.165, 1.54) is 4.90 Å². The number of carbonyl (C=O) groups is 2. The second kappa shape index (κ2) is 6.70. The summed E-state index contributed by atoms with van der Waals surface area (Å²) in [5.74, 6) is 1.09. The zero-order valence-corrected chi connectivity index (χ0v) is 14.4. The van der Waals surface area contributed by atoms with Gasteiger partial charge in [-0.15, -0.1) is 0 Å². The van der Waals surface area contributed by atoms with Gasteiger partial charge in [-0.05, 0) is 31.0 Å². The van der Waals surface area contributed by atoms with Crippen LogP contribution in [0.15, 0.2) is 16.6 Å². The molecular weight excluding hydrogens is 358 g/mol. The molecule has 1 saturated heterocycles. The smallest absolute Gasteiger partial charge is 0.289 e. The Labute approximate surface area is 136 Å². The van der Waals surface area contributed by atoms with Gasteiger partial charge in [0, 0.05) is 11.0 Å². The third kappa shape index (κ3) is 3.18. The molecule has 0 N–H and O–H groups in total. The lowest BCUT2D eigenvalue weighted by Gasteiger charge is -2.14. The minimum Gasteiger partial charge on any atom is -0.493 e. The molecular formula is C14H16BrNO4S. The van der Waals surface area contributed by atoms with Crippen molar-refractivity contribution in [1.82, 2.24) is 4.90 Å². The van der Waals surface area contributed by atoms with E-state index in [0.717, 1.165) is 21.8 Å². The van der Waals surface area contributed by atoms with Crippen LogP contribution >= 0.6 is 27.7 Å². The van der Waals surface area contributed by atoms with E-state index in [1.807, 2.05) is 6.07 Å². The molecule has 2 amide bonds. The molecule has 0 radical (unpaired) electrons. The minimum atomic E-state index is -0.383. The van der Waals surface area contributed by atoms with Crippen molar-refractivity contribution in [3.63, 3.8) is 0 Å². The van der Waals surface area contributed by atoms with Gasteiger partial charge in [0.05, 0.1) is 19.5 Å². The van der Waals surface area contributed by atoms with Crippen LogP contribution in [0, 0.1) is 0 Å². The average Bonchev–Trinajstić information content (AvgIpc) is 2.74. The molecule has 5 nitrogen and oxygen atoms in total. The standard InChI is InChI=1S/C14H16BrNO4S/c1-4-16-13(17)12(21-14(16)18)6-8-5-10(19-2)11(20-3)7-9(8)15/h5,7,12H,4,6H2,1-3H3/t12-/m0/s1. The number of nitrogens with zero attached hydrogens (tertiary/aromatic N) is 1. The number of halogens is 1. The lowest BCUT2D eigenvalue weighted by molar-refractivity contribution is -0.126. The fraction of sp³-hybridized carbons (Fsp3) is 0.429. The molecule has 1 atom stereocenters. The molecule has 0 unspecified atom stereocenters. The van der Waals surface area contributed by atoms with Crippen molar-refractivity contribution in [3.8, 4) is 11.5 Å². The highest BCUT2D eigenvalue weighted by atomic mass is 79.9. The summed E-state index contributed by atoms with van der Waals surface area (Å²) >= 11 is 4.55. The number of rotatable bonds is 5. The molecule has 0 spiro atoms. The summed E-state index contributed by atoms with van der Waals surface area (Å²) in [5.41, 5.74) is 0.907. The molecule has 114 valence electrons. The summed E-state index contributed by atoms with van der Waals surface area (Å²) in [6, 6.07) is 3.63. The summed E-state index contributed by atoms with van der Waals surface area (Å²) in [5, 5.41) is -0.559. The lowest BCUT2D eigenvalue weighted by atomic mass is 10.1. The summed E-state index contributed by atoms with van der Waals surface area (Å²) in [7, 11) is 3.13. The van der Waals surface area contributed by atoms with E-state index in [-0.39, 0.29) is 16.4 Å². The van der Waals surface area contributed by atoms with Gasteiger partial charge >= 0.3 is 0 Å². The second-order valence-electron chi connectivity index (χ2n) is 4.46. The van der Waals surface area contributed by atoms with E-state index in [0.29, 0.717) is 24.5 Å². The maximum Gasteiger partial charge on any atom is 0.289 e. The molecule has 1 aliphatic heterocycles. The zero-order valence-electron chi connectivity index (χ0n) is 12.0. The van der Waals surface area contributed by atoms with E-state index in [4.69, 9.17) is 9.47 Å². The molecule has 1 heterocycles. The van der Waals surface area contributed by atoms with Crippen molar-refractivity contribution >= 4 is 38.8 Å². The Hall–Kier alpha value is -1.21. The molecule has 0 bridgehead atoms. The second-order valence-corrected chi connectivity index (χ2v) is 6.47. The molecule has 1 aromatic carbocycles. The number of benzene rings is 1. The molecule has 21 heavy (non-hydrogen) atoms. The number of carbonyl (C=O) groups excluding carboxylic acids is 2. The van der Waals surface area contributed by atoms with Crippen molar-refractivity contribution in [2.45, 2.75) is 18.6 Å². The van der Waals surface area contributed by atoms with Crippen LogP contribution < -0.4 is 9.47 Å². The van der Waals surface area contributed by atoms with Gasteiger partial charge in [-0.2, -0.15) is 0 Å². The number of thioether (sulfide) groups is 1. The molecule has 2 rings (SSSR count). The first-order chi connectivity index (χ1) is 10.0. The summed E-state index contributed by atoms with van der Waals surface area (Å²) < 4.78 is 11.3. The summed E-state index contributed by atoms with van der Waals surface area (Å²) in [6.45, 7) is 2.21. The largest absolute Gasteiger partial charge is 0.493 e. The van der Waals surface area contributed by atoms with Gasteiger partial charge < -0.3 is 9.47 Å². The van der Waals surface area contributed by atoms with Crippen LogP contribution in [-0.2, 0) is 11.2 Å². The molecule has 1 aromatic rings. The number of ether oxygens (including phenoxy) is 2. The first kappa shape index (κ1) is 16.2. The maximum atomic E-state index is 12.2. The molecule has 0 saturated carbocycles. The van der Waals surface area contributed by atoms with Crippen molar-refractivity contribution in [1.29, 1.82) is 0 Å². The zero-order chi connectivity index (χ0) is 15.6. The maximum absolute atomic E-state index is 12.2. The van der Waals surface area contributed by atoms with E-state index in [1.54, 1.807) is 27.2 Å². The Kier molecular flexibility index (Phi) is 5.16. The fourth-order valence-corrected chi connectivity index (χ4v) is 3.73. The van der Waals surface area contributed by atoms with Crippen LogP contribution in [0.3, 0.4) is 0 Å². The Balaban J connectivity index is 2.24. The van der Waals surface area contributed by atoms with Crippen LogP contribution in [0.2, 0.25) is 0 Å². The van der Waals surface area contributed by atoms with E-state index in [9.17, 15) is 9.59 Å². The highest BCUT2D eigenvalue weighted by Crippen LogP contribution is 2.36. The van der Waals surface area contributed by atoms with E-state index >= 15 is 0 Å². The van der Waals surface area contributed by atoms with Gasteiger partial charge in [0.1, 0.15) is 0 Å². The monoisotopic (exact) mass is 373 g/mol. The number of hydrogen-bond donors (Lipinski definition) is 0. The molecule has 1 aliphatic rings. The molecule has 0 aliphatic carbocycles. The van der Waals surface area contributed by atoms with Crippen molar-refractivity contribution in [2.75, 3.05) is 20.8 Å². The highest BCUT2D eigenvalue weighted by Gasteiger charge is 2.38. The van der Waals surface area contributed by atoms with Crippen LogP contribution in [0.25, 0.3) is 0 Å². The lowest BCUT2D eigenvalue weighted by Crippen LogP contribution is -2.31. The van der Waals surface area contributed by atoms with Gasteiger partial charge in [-0.1, -0.05) is 27.7 Å². The third-order valence-electron chi connectivity index (χ3n) is 3.28. The third-order valence-corrected chi connectivity index (χ3v) is 5.09. The van der Waals surface area contributed by atoms with Crippen molar-refractivity contribution in [2.24, 2.45) is 0 Å². The minimum absolute atomic E-state index is 0.130. The molecule has 0 aromatic heterocycles. The van der Waals surface area contributed by atoms with Crippen LogP contribution in [0.4, 0.5) is 4.79 Å². The SMILES string of the molecule is CCN1C(=O)S[C@@H](Cc2cc(OC)c(OC)cc2Br)C1=O. The number of hydrogen-bond acceptors (Lipinski definition) is 5. The van der Waals surface area contributed by atoms with Crippen molar-refractivity contribution < 1.29 is 19.1 Å². The van der Waals surface area contributed by atoms with Crippen LogP contribution in [0.1, 0.15) is 12.5 Å². The topological polar surface area (TPSA) is 55.8 Å². The Morgan fingerprint density at radius 1 is 1.24 bits per heavy atom. The van der Waals surface area contributed by atoms with Crippen LogP contribution in [-0.4, -0.2) is 42.1 Å². The van der Waals surface area contributed by atoms with E-state index in [2.05, 4.69) is 15.9 Å². The van der Waals surface area contributed by atoms with Gasteiger partial charge in [-0.25, -0.2) is 0 Å². The van der Waals surface area contributed by atoms with Gasteiger partial charge in [0.2, 0.25) is 5.91 Å². The Morgan fingerprint density at radius 3 is 2.38 bits per heavy atom. The fourth-order valence-electron chi connectivity index (χ4n) is 2.17. The van der Waals surface area contributed by atoms with Gasteiger partial charge in [0.25, 0.3) is 5.24 Å². The summed E-state index contributed by atoms with van der Waals surface area (Å²) in [4.78, 5) is 25.2. The predicted octanol–water partition coefficient (Wildman–Crippen LogP) is 3.09. The van der Waals surface area contributed by atoms with E-state index < -0.39 is 0 Å². The van der Waals surface area contributed by atoms with Crippen LogP contribution in [0.5, 0.6) is 11.5 Å².